The molecule has 2 aromatic carbocycles. The fourth-order valence-corrected chi connectivity index (χ4v) is 3.85. The average molecular weight is 519 g/mol. The van der Waals surface area contributed by atoms with Crippen molar-refractivity contribution in [1.82, 2.24) is 5.32 Å². The van der Waals surface area contributed by atoms with Gasteiger partial charge < -0.3 is 5.32 Å². The molecule has 0 aromatic heterocycles. The molecule has 35 heavy (non-hydrogen) atoms. The van der Waals surface area contributed by atoms with E-state index in [-0.39, 0.29) is 6.42 Å². The van der Waals surface area contributed by atoms with Crippen molar-refractivity contribution in [3.63, 3.8) is 0 Å². The van der Waals surface area contributed by atoms with Crippen molar-refractivity contribution in [2.75, 3.05) is 6.54 Å². The minimum Gasteiger partial charge on any atom is -0.353 e. The van der Waals surface area contributed by atoms with Gasteiger partial charge >= 0.3 is 35.3 Å². The van der Waals surface area contributed by atoms with Gasteiger partial charge in [0, 0.05) is 12.5 Å². The Bertz CT molecular complexity index is 988. The fourth-order valence-electron chi connectivity index (χ4n) is 3.85. The minimum absolute atomic E-state index is 0.310. The molecule has 1 aliphatic carbocycles. The number of amides is 1. The second-order valence-corrected chi connectivity index (χ2v) is 7.95. The van der Waals surface area contributed by atoms with Crippen molar-refractivity contribution < 1.29 is 53.1 Å². The maximum Gasteiger partial charge on any atom is 0.384 e. The van der Waals surface area contributed by atoms with Gasteiger partial charge in [-0.3, -0.25) is 4.79 Å². The van der Waals surface area contributed by atoms with E-state index in [0.717, 1.165) is 0 Å². The van der Waals surface area contributed by atoms with Gasteiger partial charge in [0.1, 0.15) is 0 Å². The topological polar surface area (TPSA) is 29.1 Å². The highest BCUT2D eigenvalue weighted by Gasteiger charge is 3.02. The summed E-state index contributed by atoms with van der Waals surface area (Å²) in [5.41, 5.74) is -5.56. The molecule has 1 fully saturated rings. The Morgan fingerprint density at radius 1 is 0.600 bits per heavy atom. The third kappa shape index (κ3) is 3.48. The van der Waals surface area contributed by atoms with E-state index in [0.29, 0.717) is 11.1 Å². The lowest BCUT2D eigenvalue weighted by Gasteiger charge is -2.51. The number of hydrogen-bond donors (Lipinski definition) is 1. The summed E-state index contributed by atoms with van der Waals surface area (Å²) in [4.78, 5) is 12.0. The van der Waals surface area contributed by atoms with Crippen LogP contribution in [0.5, 0.6) is 0 Å². The Morgan fingerprint density at radius 3 is 1.31 bits per heavy atom. The molecule has 1 aliphatic rings. The molecule has 192 valence electrons. The summed E-state index contributed by atoms with van der Waals surface area (Å²) >= 11 is 0. The number of alkyl halides is 11. The van der Waals surface area contributed by atoms with E-state index in [1.807, 2.05) is 0 Å². The van der Waals surface area contributed by atoms with Crippen LogP contribution in [0.2, 0.25) is 0 Å². The molecule has 0 bridgehead atoms. The first-order valence-electron chi connectivity index (χ1n) is 9.94. The zero-order valence-corrected chi connectivity index (χ0v) is 17.3. The molecule has 2 nitrogen and oxygen atoms in total. The lowest BCUT2D eigenvalue weighted by molar-refractivity contribution is -0.476. The van der Waals surface area contributed by atoms with Crippen LogP contribution >= 0.6 is 0 Å². The number of halogens is 11. The van der Waals surface area contributed by atoms with Crippen LogP contribution in [-0.4, -0.2) is 47.7 Å². The molecule has 0 heterocycles. The van der Waals surface area contributed by atoms with E-state index in [4.69, 9.17) is 0 Å². The Morgan fingerprint density at radius 2 is 0.943 bits per heavy atom. The normalized spacial score (nSPS) is 23.0. The predicted octanol–water partition coefficient (Wildman–Crippen LogP) is 6.22. The molecule has 0 unspecified atom stereocenters. The zero-order chi connectivity index (χ0) is 26.5. The summed E-state index contributed by atoms with van der Waals surface area (Å²) in [5, 5.41) is 1.19. The van der Waals surface area contributed by atoms with Crippen LogP contribution in [0.15, 0.2) is 60.7 Å². The summed E-state index contributed by atoms with van der Waals surface area (Å²) in [6, 6.07) is 16.1. The van der Waals surface area contributed by atoms with Crippen molar-refractivity contribution >= 4 is 5.91 Å². The van der Waals surface area contributed by atoms with Crippen molar-refractivity contribution in [2.45, 2.75) is 47.6 Å². The summed E-state index contributed by atoms with van der Waals surface area (Å²) < 4.78 is 152. The van der Waals surface area contributed by atoms with Crippen LogP contribution in [-0.2, 0) is 4.79 Å². The van der Waals surface area contributed by atoms with Crippen molar-refractivity contribution in [3.8, 4) is 0 Å². The molecule has 0 aliphatic heterocycles. The van der Waals surface area contributed by atoms with E-state index in [1.54, 1.807) is 60.7 Å². The van der Waals surface area contributed by atoms with Crippen LogP contribution in [0.3, 0.4) is 0 Å². The number of nitrogens with one attached hydrogen (secondary N) is 1. The molecule has 0 saturated heterocycles. The van der Waals surface area contributed by atoms with Gasteiger partial charge in [0.25, 0.3) is 5.91 Å². The molecule has 0 atom stereocenters. The van der Waals surface area contributed by atoms with E-state index in [2.05, 4.69) is 0 Å². The van der Waals surface area contributed by atoms with Crippen LogP contribution in [0.25, 0.3) is 0 Å². The second-order valence-electron chi connectivity index (χ2n) is 7.95. The number of rotatable bonds is 6. The van der Waals surface area contributed by atoms with Crippen molar-refractivity contribution in [2.24, 2.45) is 0 Å². The number of hydrogen-bond acceptors (Lipinski definition) is 1. The molecule has 1 amide bonds. The monoisotopic (exact) mass is 519 g/mol. The molecular weight excluding hydrogens is 503 g/mol. The van der Waals surface area contributed by atoms with E-state index in [1.165, 1.54) is 5.32 Å². The van der Waals surface area contributed by atoms with Gasteiger partial charge in [0.2, 0.25) is 0 Å². The van der Waals surface area contributed by atoms with Crippen molar-refractivity contribution in [3.05, 3.63) is 71.8 Å². The SMILES string of the molecule is O=C(NCCC(c1ccccc1)c1ccccc1)C1(F)C(F)(F)C(F)(F)C(F)(F)C(F)(F)C1(F)F. The van der Waals surface area contributed by atoms with Gasteiger partial charge in [-0.15, -0.1) is 0 Å². The average Bonchev–Trinajstić information content (AvgIpc) is 2.80. The van der Waals surface area contributed by atoms with Crippen LogP contribution in [0.4, 0.5) is 48.3 Å². The van der Waals surface area contributed by atoms with Gasteiger partial charge in [-0.25, -0.2) is 4.39 Å². The summed E-state index contributed by atoms with van der Waals surface area (Å²) in [7, 11) is 0. The fraction of sp³-hybridized carbons (Fsp3) is 0.409. The van der Waals surface area contributed by atoms with Gasteiger partial charge in [-0.05, 0) is 17.5 Å². The van der Waals surface area contributed by atoms with Gasteiger partial charge in [0.15, 0.2) is 0 Å². The number of benzene rings is 2. The highest BCUT2D eigenvalue weighted by atomic mass is 19.4. The minimum atomic E-state index is -7.37. The third-order valence-corrected chi connectivity index (χ3v) is 5.88. The first-order valence-corrected chi connectivity index (χ1v) is 9.94. The molecule has 1 saturated carbocycles. The van der Waals surface area contributed by atoms with E-state index < -0.39 is 53.7 Å². The van der Waals surface area contributed by atoms with Crippen LogP contribution < -0.4 is 5.32 Å². The van der Waals surface area contributed by atoms with Crippen molar-refractivity contribution in [1.29, 1.82) is 0 Å². The first kappa shape index (κ1) is 26.7. The van der Waals surface area contributed by atoms with Crippen LogP contribution in [0, 0.1) is 0 Å². The summed E-state index contributed by atoms with van der Waals surface area (Å²) in [6.07, 6.45) is -0.310. The summed E-state index contributed by atoms with van der Waals surface area (Å²) in [5.74, 6) is -40.3. The molecule has 13 heteroatoms. The molecule has 3 rings (SSSR count). The standard InChI is InChI=1S/C22H16F11NO/c23-17(18(24,25)20(28,29)22(32,33)21(30,31)19(17,26)27)16(35)34-12-11-15(13-7-3-1-4-8-13)14-9-5-2-6-10-14/h1-10,15H,11-12H2,(H,34,35). The molecule has 0 spiro atoms. The highest BCUT2D eigenvalue weighted by molar-refractivity contribution is 5.88. The molecule has 0 radical (unpaired) electrons. The van der Waals surface area contributed by atoms with Gasteiger partial charge in [0.05, 0.1) is 0 Å². The lowest BCUT2D eigenvalue weighted by atomic mass is 9.71. The van der Waals surface area contributed by atoms with Gasteiger partial charge in [-0.2, -0.15) is 43.9 Å². The second kappa shape index (κ2) is 8.37. The summed E-state index contributed by atoms with van der Waals surface area (Å²) in [6.45, 7) is -0.932. The molecular formula is C22H16F11NO. The number of carbonyl (C=O) groups is 1. The Hall–Kier alpha value is -2.86. The Kier molecular flexibility index (Phi) is 6.39. The highest BCUT2D eigenvalue weighted by Crippen LogP contribution is 2.69. The quantitative estimate of drug-likeness (QED) is 0.451. The zero-order valence-electron chi connectivity index (χ0n) is 17.3. The molecule has 1 N–H and O–H groups in total. The third-order valence-electron chi connectivity index (χ3n) is 5.88. The largest absolute Gasteiger partial charge is 0.384 e. The lowest BCUT2D eigenvalue weighted by Crippen LogP contribution is -2.86. The Labute approximate surface area is 191 Å². The Balaban J connectivity index is 1.92. The molecule has 2 aromatic rings. The maximum atomic E-state index is 14.8. The van der Waals surface area contributed by atoms with Crippen LogP contribution in [0.1, 0.15) is 23.5 Å². The number of carbonyl (C=O) groups excluding carboxylic acids is 1. The van der Waals surface area contributed by atoms with Gasteiger partial charge in [-0.1, -0.05) is 60.7 Å². The first-order chi connectivity index (χ1) is 16.0. The van der Waals surface area contributed by atoms with E-state index in [9.17, 15) is 53.1 Å². The predicted molar refractivity (Wildman–Crippen MR) is 101 cm³/mol. The van der Waals surface area contributed by atoms with E-state index >= 15 is 0 Å². The maximum absolute atomic E-state index is 14.8. The smallest absolute Gasteiger partial charge is 0.353 e.